The monoisotopic (exact) mass is 1080 g/mol. The standard InChI is InChI=1S/C24H28F3IN4O2.C18H17F3IN3O2/c1-31-8-6-15(7-9-31)11-29-12-24(34)13-32(14-24)23(33)17-3-4-18(25)21(27)22(17)30-20-5-2-16(28)10-19(20)26;1-9(23)18(27)7-25(8-18)17(26)11-3-4-12(19)15(21)16(11)24-14-5-2-10(22)6-13(14)20/h2-5,10,15,29-30,34H,6-9,11-14H2,1H3;2-6,9,24,27H,7-8,23H2,1H3. The molecule has 0 aliphatic carbocycles. The predicted octanol–water partition coefficient (Wildman–Crippen LogP) is 6.56. The molecule has 4 aromatic carbocycles. The Balaban J connectivity index is 0.000000210. The van der Waals surface area contributed by atoms with Crippen LogP contribution < -0.4 is 21.7 Å². The number of nitrogens with zero attached hydrogens (tertiary/aromatic N) is 3. The molecule has 61 heavy (non-hydrogen) atoms. The van der Waals surface area contributed by atoms with E-state index < -0.39 is 75.3 Å². The first-order valence-electron chi connectivity index (χ1n) is 19.4. The first-order chi connectivity index (χ1) is 28.8. The SMILES string of the molecule is CC(N)C1(O)CN(C(=O)c2ccc(F)c(F)c2Nc2ccc(I)cc2F)C1.CN1CCC(CNCC2(O)CN(C(=O)c3ccc(F)c(F)c3Nc3ccc(I)cc3F)C2)CC1. The van der Waals surface area contributed by atoms with Crippen LogP contribution in [-0.2, 0) is 0 Å². The van der Waals surface area contributed by atoms with Gasteiger partial charge in [-0.05, 0) is 158 Å². The average Bonchev–Trinajstić information content (AvgIpc) is 3.18. The number of hydrogen-bond acceptors (Lipinski definition) is 9. The molecule has 0 aromatic heterocycles. The van der Waals surface area contributed by atoms with Crippen LogP contribution in [0.25, 0.3) is 0 Å². The Labute approximate surface area is 376 Å². The summed E-state index contributed by atoms with van der Waals surface area (Å²) in [6, 6.07) is 11.9. The van der Waals surface area contributed by atoms with E-state index in [9.17, 15) is 46.1 Å². The van der Waals surface area contributed by atoms with Crippen LogP contribution in [0.4, 0.5) is 49.1 Å². The molecule has 3 aliphatic heterocycles. The van der Waals surface area contributed by atoms with Gasteiger partial charge in [0.2, 0.25) is 0 Å². The van der Waals surface area contributed by atoms with E-state index in [2.05, 4.69) is 27.9 Å². The van der Waals surface area contributed by atoms with Crippen molar-refractivity contribution in [1.82, 2.24) is 20.0 Å². The molecule has 0 bridgehead atoms. The van der Waals surface area contributed by atoms with Gasteiger partial charge in [0.25, 0.3) is 11.8 Å². The predicted molar refractivity (Wildman–Crippen MR) is 236 cm³/mol. The van der Waals surface area contributed by atoms with E-state index in [0.29, 0.717) is 19.6 Å². The number of β-amino-alcohol motifs (C(OH)–C–C–N with tert-alkyl or cyclic N) is 2. The minimum absolute atomic E-state index is 0.0279. The van der Waals surface area contributed by atoms with Gasteiger partial charge in [0, 0.05) is 19.7 Å². The van der Waals surface area contributed by atoms with Crippen molar-refractivity contribution >= 4 is 79.7 Å². The molecule has 7 N–H and O–H groups in total. The third-order valence-electron chi connectivity index (χ3n) is 11.1. The minimum Gasteiger partial charge on any atom is -0.385 e. The van der Waals surface area contributed by atoms with Gasteiger partial charge < -0.3 is 46.6 Å². The van der Waals surface area contributed by atoms with Crippen molar-refractivity contribution in [2.75, 3.05) is 70.0 Å². The van der Waals surface area contributed by atoms with Gasteiger partial charge in [-0.1, -0.05) is 0 Å². The highest BCUT2D eigenvalue weighted by atomic mass is 127. The number of amides is 2. The summed E-state index contributed by atoms with van der Waals surface area (Å²) < 4.78 is 86.3. The lowest BCUT2D eigenvalue weighted by atomic mass is 9.87. The zero-order valence-corrected chi connectivity index (χ0v) is 37.5. The molecule has 0 radical (unpaired) electrons. The molecule has 0 spiro atoms. The van der Waals surface area contributed by atoms with Crippen LogP contribution in [0.15, 0.2) is 60.7 Å². The number of carbonyl (C=O) groups excluding carboxylic acids is 2. The van der Waals surface area contributed by atoms with E-state index in [1.54, 1.807) is 19.1 Å². The molecule has 328 valence electrons. The first-order valence-corrected chi connectivity index (χ1v) is 21.5. The summed E-state index contributed by atoms with van der Waals surface area (Å²) in [7, 11) is 2.11. The highest BCUT2D eigenvalue weighted by Crippen LogP contribution is 2.34. The fourth-order valence-electron chi connectivity index (χ4n) is 7.23. The van der Waals surface area contributed by atoms with E-state index in [4.69, 9.17) is 5.73 Å². The normalized spacial score (nSPS) is 17.7. The maximum atomic E-state index is 14.6. The van der Waals surface area contributed by atoms with E-state index in [-0.39, 0.29) is 48.7 Å². The Morgan fingerprint density at radius 2 is 1.18 bits per heavy atom. The Morgan fingerprint density at radius 3 is 1.61 bits per heavy atom. The van der Waals surface area contributed by atoms with Crippen molar-refractivity contribution < 1.29 is 46.1 Å². The maximum absolute atomic E-state index is 14.6. The molecule has 3 aliphatic rings. The third-order valence-corrected chi connectivity index (χ3v) is 12.4. The van der Waals surface area contributed by atoms with Crippen molar-refractivity contribution in [2.45, 2.75) is 37.0 Å². The summed E-state index contributed by atoms with van der Waals surface area (Å²) in [5, 5.41) is 29.3. The number of rotatable bonds is 11. The highest BCUT2D eigenvalue weighted by molar-refractivity contribution is 14.1. The summed E-state index contributed by atoms with van der Waals surface area (Å²) in [5.41, 5.74) is 2.04. The molecule has 3 saturated heterocycles. The number of benzene rings is 4. The van der Waals surface area contributed by atoms with Gasteiger partial charge in [-0.15, -0.1) is 0 Å². The lowest BCUT2D eigenvalue weighted by Gasteiger charge is -2.48. The second-order valence-corrected chi connectivity index (χ2v) is 18.4. The van der Waals surface area contributed by atoms with E-state index in [1.807, 2.05) is 45.2 Å². The lowest BCUT2D eigenvalue weighted by molar-refractivity contribution is -0.0931. The van der Waals surface area contributed by atoms with Gasteiger partial charge in [0.15, 0.2) is 23.3 Å². The molecule has 3 heterocycles. The topological polar surface area (TPSA) is 146 Å². The van der Waals surface area contributed by atoms with Crippen LogP contribution in [0.3, 0.4) is 0 Å². The molecule has 1 atom stereocenters. The number of nitrogens with one attached hydrogen (secondary N) is 3. The summed E-state index contributed by atoms with van der Waals surface area (Å²) in [6.07, 6.45) is 2.22. The number of likely N-dealkylation sites (tertiary alicyclic amines) is 3. The molecule has 3 fully saturated rings. The molecule has 4 aromatic rings. The van der Waals surface area contributed by atoms with Crippen molar-refractivity contribution in [3.05, 3.63) is 114 Å². The van der Waals surface area contributed by atoms with Gasteiger partial charge in [0.05, 0.1) is 60.1 Å². The lowest BCUT2D eigenvalue weighted by Crippen LogP contribution is -2.70. The second-order valence-electron chi connectivity index (χ2n) is 15.9. The van der Waals surface area contributed by atoms with Crippen LogP contribution in [0.5, 0.6) is 0 Å². The van der Waals surface area contributed by atoms with Crippen LogP contribution in [0, 0.1) is 48.0 Å². The van der Waals surface area contributed by atoms with Gasteiger partial charge in [-0.2, -0.15) is 0 Å². The number of nitrogens with two attached hydrogens (primary N) is 1. The van der Waals surface area contributed by atoms with Crippen LogP contribution in [0.1, 0.15) is 40.5 Å². The van der Waals surface area contributed by atoms with E-state index in [0.717, 1.165) is 50.7 Å². The van der Waals surface area contributed by atoms with Crippen molar-refractivity contribution in [3.8, 4) is 0 Å². The zero-order valence-electron chi connectivity index (χ0n) is 33.2. The molecule has 1 unspecified atom stereocenters. The van der Waals surface area contributed by atoms with Gasteiger partial charge in [-0.25, -0.2) is 26.3 Å². The molecule has 11 nitrogen and oxygen atoms in total. The second kappa shape index (κ2) is 19.3. The fraction of sp³-hybridized carbons (Fsp3) is 0.381. The van der Waals surface area contributed by atoms with Crippen molar-refractivity contribution in [1.29, 1.82) is 0 Å². The first kappa shape index (κ1) is 46.8. The Morgan fingerprint density at radius 1 is 0.738 bits per heavy atom. The van der Waals surface area contributed by atoms with Crippen LogP contribution in [-0.4, -0.2) is 113 Å². The molecular formula is C42H45F6I2N7O4. The highest BCUT2D eigenvalue weighted by Gasteiger charge is 2.47. The molecule has 7 rings (SSSR count). The van der Waals surface area contributed by atoms with Gasteiger partial charge in [-0.3, -0.25) is 9.59 Å². The quantitative estimate of drug-likeness (QED) is 0.0728. The van der Waals surface area contributed by atoms with Gasteiger partial charge in [0.1, 0.15) is 22.8 Å². The number of halogens is 8. The average molecular weight is 1080 g/mol. The summed E-state index contributed by atoms with van der Waals surface area (Å²) in [4.78, 5) is 30.7. The van der Waals surface area contributed by atoms with E-state index >= 15 is 0 Å². The number of aliphatic hydroxyl groups is 2. The number of carbonyl (C=O) groups is 2. The molecular weight excluding hydrogens is 1030 g/mol. The van der Waals surface area contributed by atoms with Gasteiger partial charge >= 0.3 is 0 Å². The van der Waals surface area contributed by atoms with Crippen LogP contribution in [0.2, 0.25) is 0 Å². The minimum atomic E-state index is -1.29. The summed E-state index contributed by atoms with van der Waals surface area (Å²) in [6.45, 7) is 4.99. The largest absolute Gasteiger partial charge is 0.385 e. The smallest absolute Gasteiger partial charge is 0.256 e. The molecule has 19 heteroatoms. The Bertz CT molecular complexity index is 2270. The maximum Gasteiger partial charge on any atom is 0.256 e. The summed E-state index contributed by atoms with van der Waals surface area (Å²) in [5.74, 6) is -6.81. The molecule has 2 amide bonds. The van der Waals surface area contributed by atoms with Crippen molar-refractivity contribution in [2.24, 2.45) is 11.7 Å². The Kier molecular flexibility index (Phi) is 14.8. The molecule has 0 saturated carbocycles. The number of anilines is 4. The Hall–Kier alpha value is -3.74. The number of hydrogen-bond donors (Lipinski definition) is 6. The third kappa shape index (κ3) is 10.9. The fourth-order valence-corrected chi connectivity index (χ4v) is 8.14. The zero-order chi connectivity index (χ0) is 44.4. The summed E-state index contributed by atoms with van der Waals surface area (Å²) >= 11 is 3.85. The number of piperidine rings is 1. The van der Waals surface area contributed by atoms with Crippen molar-refractivity contribution in [3.63, 3.8) is 0 Å². The van der Waals surface area contributed by atoms with Crippen LogP contribution >= 0.6 is 45.2 Å². The van der Waals surface area contributed by atoms with E-state index in [1.165, 1.54) is 40.1 Å².